The summed E-state index contributed by atoms with van der Waals surface area (Å²) in [6.45, 7) is 0. The number of anilines is 3. The van der Waals surface area contributed by atoms with E-state index in [0.717, 1.165) is 17.1 Å². The minimum Gasteiger partial charge on any atom is -0.309 e. The fourth-order valence-corrected chi connectivity index (χ4v) is 8.43. The minimum atomic E-state index is 1.13. The van der Waals surface area contributed by atoms with Crippen LogP contribution in [0.1, 0.15) is 0 Å². The fourth-order valence-electron chi connectivity index (χ4n) is 7.30. The van der Waals surface area contributed by atoms with E-state index < -0.39 is 0 Å². The topological polar surface area (TPSA) is 3.24 Å². The van der Waals surface area contributed by atoms with Crippen LogP contribution in [0.25, 0.3) is 64.7 Å². The largest absolute Gasteiger partial charge is 0.309 e. The van der Waals surface area contributed by atoms with Crippen molar-refractivity contribution in [3.8, 4) is 44.5 Å². The van der Waals surface area contributed by atoms with Crippen molar-refractivity contribution in [1.82, 2.24) is 0 Å². The highest BCUT2D eigenvalue weighted by atomic mass is 32.1. The van der Waals surface area contributed by atoms with E-state index in [2.05, 4.69) is 205 Å². The average Bonchev–Trinajstić information content (AvgIpc) is 3.59. The number of hydrogen-bond donors (Lipinski definition) is 0. The van der Waals surface area contributed by atoms with Crippen LogP contribution >= 0.6 is 11.3 Å². The van der Waals surface area contributed by atoms with E-state index in [0.29, 0.717) is 0 Å². The predicted molar refractivity (Wildman–Crippen MR) is 216 cm³/mol. The molecule has 1 heterocycles. The summed E-state index contributed by atoms with van der Waals surface area (Å²) in [4.78, 5) is 2.52. The monoisotopic (exact) mass is 655 g/mol. The molecule has 0 aliphatic heterocycles. The van der Waals surface area contributed by atoms with Gasteiger partial charge in [-0.15, -0.1) is 11.3 Å². The molecule has 2 heteroatoms. The molecule has 0 spiro atoms. The second-order valence-electron chi connectivity index (χ2n) is 12.4. The Labute approximate surface area is 297 Å². The number of para-hydroxylation sites is 1. The van der Waals surface area contributed by atoms with Crippen molar-refractivity contribution in [2.24, 2.45) is 0 Å². The summed E-state index contributed by atoms with van der Waals surface area (Å²) in [7, 11) is 0. The molecule has 0 unspecified atom stereocenters. The van der Waals surface area contributed by atoms with Crippen LogP contribution in [-0.4, -0.2) is 0 Å². The molecular formula is C48H33NS. The number of fused-ring (bicyclic) bond motifs is 3. The van der Waals surface area contributed by atoms with Gasteiger partial charge in [0.25, 0.3) is 0 Å². The van der Waals surface area contributed by atoms with Gasteiger partial charge in [0.15, 0.2) is 0 Å². The number of hydrogen-bond acceptors (Lipinski definition) is 2. The van der Waals surface area contributed by atoms with Crippen LogP contribution in [-0.2, 0) is 0 Å². The van der Waals surface area contributed by atoms with Crippen LogP contribution in [0.5, 0.6) is 0 Å². The maximum Gasteiger partial charge on any atom is 0.0555 e. The van der Waals surface area contributed by atoms with Crippen molar-refractivity contribution in [2.75, 3.05) is 4.90 Å². The Hall–Kier alpha value is -6.22. The Morgan fingerprint density at radius 3 is 1.48 bits per heavy atom. The molecule has 0 saturated carbocycles. The van der Waals surface area contributed by atoms with E-state index in [9.17, 15) is 0 Å². The van der Waals surface area contributed by atoms with E-state index in [4.69, 9.17) is 0 Å². The third-order valence-corrected chi connectivity index (χ3v) is 10.6. The zero-order chi connectivity index (χ0) is 33.3. The van der Waals surface area contributed by atoms with Gasteiger partial charge >= 0.3 is 0 Å². The van der Waals surface area contributed by atoms with Gasteiger partial charge < -0.3 is 4.90 Å². The molecule has 236 valence electrons. The molecule has 1 aromatic heterocycles. The zero-order valence-electron chi connectivity index (χ0n) is 27.4. The number of benzene rings is 8. The Bertz CT molecular complexity index is 2590. The highest BCUT2D eigenvalue weighted by Crippen LogP contribution is 2.52. The van der Waals surface area contributed by atoms with Gasteiger partial charge in [-0.1, -0.05) is 170 Å². The first-order chi connectivity index (χ1) is 24.8. The van der Waals surface area contributed by atoms with Crippen molar-refractivity contribution in [2.45, 2.75) is 0 Å². The van der Waals surface area contributed by atoms with Gasteiger partial charge in [-0.25, -0.2) is 0 Å². The summed E-state index contributed by atoms with van der Waals surface area (Å²) < 4.78 is 2.57. The van der Waals surface area contributed by atoms with Gasteiger partial charge in [-0.3, -0.25) is 0 Å². The first-order valence-electron chi connectivity index (χ1n) is 17.0. The smallest absolute Gasteiger partial charge is 0.0555 e. The Morgan fingerprint density at radius 2 is 0.760 bits per heavy atom. The predicted octanol–water partition coefficient (Wildman–Crippen LogP) is 14.2. The van der Waals surface area contributed by atoms with Gasteiger partial charge in [-0.2, -0.15) is 0 Å². The molecule has 8 aromatic carbocycles. The van der Waals surface area contributed by atoms with Gasteiger partial charge in [0, 0.05) is 31.3 Å². The van der Waals surface area contributed by atoms with Crippen molar-refractivity contribution in [3.05, 3.63) is 200 Å². The van der Waals surface area contributed by atoms with Crippen LogP contribution in [0.2, 0.25) is 0 Å². The SMILES string of the molecule is c1ccc(-c2ccccc2-c2c(-c3ccccc3)cccc2N(c2ccccc2-c2ccccc2)c2cccc3sc4ccccc4c23)cc1. The van der Waals surface area contributed by atoms with E-state index in [1.54, 1.807) is 0 Å². The van der Waals surface area contributed by atoms with Gasteiger partial charge in [0.05, 0.1) is 17.1 Å². The summed E-state index contributed by atoms with van der Waals surface area (Å²) in [5.74, 6) is 0. The average molecular weight is 656 g/mol. The highest BCUT2D eigenvalue weighted by Gasteiger charge is 2.26. The molecule has 9 rings (SSSR count). The molecular weight excluding hydrogens is 623 g/mol. The number of nitrogens with zero attached hydrogens (tertiary/aromatic N) is 1. The Balaban J connectivity index is 1.43. The van der Waals surface area contributed by atoms with E-state index >= 15 is 0 Å². The molecule has 0 amide bonds. The fraction of sp³-hybridized carbons (Fsp3) is 0. The lowest BCUT2D eigenvalue weighted by atomic mass is 9.87. The number of thiophene rings is 1. The summed E-state index contributed by atoms with van der Waals surface area (Å²) in [5.41, 5.74) is 12.9. The van der Waals surface area contributed by atoms with Gasteiger partial charge in [-0.05, 0) is 63.7 Å². The Morgan fingerprint density at radius 1 is 0.300 bits per heavy atom. The minimum absolute atomic E-state index is 1.13. The summed E-state index contributed by atoms with van der Waals surface area (Å²) in [6.07, 6.45) is 0. The van der Waals surface area contributed by atoms with E-state index in [-0.39, 0.29) is 0 Å². The molecule has 1 nitrogen and oxygen atoms in total. The maximum absolute atomic E-state index is 2.52. The number of rotatable bonds is 7. The molecule has 9 aromatic rings. The highest BCUT2D eigenvalue weighted by molar-refractivity contribution is 7.26. The van der Waals surface area contributed by atoms with Crippen molar-refractivity contribution >= 4 is 48.6 Å². The van der Waals surface area contributed by atoms with Crippen LogP contribution in [0, 0.1) is 0 Å². The lowest BCUT2D eigenvalue weighted by Crippen LogP contribution is -2.13. The zero-order valence-corrected chi connectivity index (χ0v) is 28.2. The van der Waals surface area contributed by atoms with Gasteiger partial charge in [0.2, 0.25) is 0 Å². The Kier molecular flexibility index (Phi) is 7.77. The van der Waals surface area contributed by atoms with Crippen LogP contribution in [0.15, 0.2) is 200 Å². The quantitative estimate of drug-likeness (QED) is 0.165. The normalized spacial score (nSPS) is 11.2. The van der Waals surface area contributed by atoms with Crippen molar-refractivity contribution in [1.29, 1.82) is 0 Å². The molecule has 0 radical (unpaired) electrons. The van der Waals surface area contributed by atoms with E-state index in [1.807, 2.05) is 11.3 Å². The van der Waals surface area contributed by atoms with Crippen molar-refractivity contribution in [3.63, 3.8) is 0 Å². The van der Waals surface area contributed by atoms with Crippen molar-refractivity contribution < 1.29 is 0 Å². The standard InChI is InChI=1S/C48H33NS/c1-4-18-34(19-5-1)37-24-10-11-26-40(37)47-39(36-22-8-3-9-23-36)28-16-30-43(47)49(42-29-14-12-25-38(42)35-20-6-2-7-21-35)44-31-17-33-46-48(44)41-27-13-15-32-45(41)50-46/h1-33H. The lowest BCUT2D eigenvalue weighted by molar-refractivity contribution is 1.30. The molecule has 0 fully saturated rings. The molecule has 0 aliphatic carbocycles. The molecule has 50 heavy (non-hydrogen) atoms. The second kappa shape index (κ2) is 13.0. The third-order valence-electron chi connectivity index (χ3n) is 9.50. The van der Waals surface area contributed by atoms with Crippen LogP contribution in [0.3, 0.4) is 0 Å². The summed E-state index contributed by atoms with van der Waals surface area (Å²) >= 11 is 1.86. The van der Waals surface area contributed by atoms with Crippen LogP contribution in [0.4, 0.5) is 17.1 Å². The summed E-state index contributed by atoms with van der Waals surface area (Å²) in [6, 6.07) is 72.4. The van der Waals surface area contributed by atoms with E-state index in [1.165, 1.54) is 64.7 Å². The molecule has 0 saturated heterocycles. The molecule has 0 bridgehead atoms. The maximum atomic E-state index is 2.52. The second-order valence-corrected chi connectivity index (χ2v) is 13.5. The lowest BCUT2D eigenvalue weighted by Gasteiger charge is -2.32. The first kappa shape index (κ1) is 29.9. The van der Waals surface area contributed by atoms with Crippen LogP contribution < -0.4 is 4.90 Å². The molecule has 0 aliphatic rings. The molecule has 0 atom stereocenters. The van der Waals surface area contributed by atoms with Gasteiger partial charge in [0.1, 0.15) is 0 Å². The molecule has 0 N–H and O–H groups in total. The first-order valence-corrected chi connectivity index (χ1v) is 17.8. The summed E-state index contributed by atoms with van der Waals surface area (Å²) in [5, 5.41) is 2.54. The third kappa shape index (κ3) is 5.27.